The van der Waals surface area contributed by atoms with Crippen molar-refractivity contribution in [2.45, 2.75) is 32.3 Å². The van der Waals surface area contributed by atoms with Gasteiger partial charge in [0, 0.05) is 11.0 Å². The van der Waals surface area contributed by atoms with Gasteiger partial charge in [-0.15, -0.1) is 0 Å². The molecule has 3 aliphatic carbocycles. The highest BCUT2D eigenvalue weighted by molar-refractivity contribution is 6.11. The van der Waals surface area contributed by atoms with E-state index in [1.807, 2.05) is 6.92 Å². The fourth-order valence-corrected chi connectivity index (χ4v) is 3.33. The van der Waals surface area contributed by atoms with E-state index in [2.05, 4.69) is 13.2 Å². The first kappa shape index (κ1) is 10.7. The Bertz CT molecular complexity index is 551. The van der Waals surface area contributed by atoms with E-state index in [1.165, 1.54) is 0 Å². The van der Waals surface area contributed by atoms with E-state index in [0.717, 1.165) is 35.1 Å². The van der Waals surface area contributed by atoms with Crippen LogP contribution in [0.3, 0.4) is 0 Å². The molecule has 17 heavy (non-hydrogen) atoms. The summed E-state index contributed by atoms with van der Waals surface area (Å²) < 4.78 is 0. The van der Waals surface area contributed by atoms with E-state index < -0.39 is 5.60 Å². The number of hydrogen-bond donors (Lipinski definition) is 1. The van der Waals surface area contributed by atoms with Crippen molar-refractivity contribution in [3.8, 4) is 0 Å². The van der Waals surface area contributed by atoms with Gasteiger partial charge in [-0.05, 0) is 49.5 Å². The average Bonchev–Trinajstić information content (AvgIpc) is 3.01. The number of aliphatic hydroxyl groups is 1. The van der Waals surface area contributed by atoms with Crippen LogP contribution in [0.4, 0.5) is 0 Å². The molecule has 2 heteroatoms. The van der Waals surface area contributed by atoms with Gasteiger partial charge in [0.05, 0.1) is 0 Å². The molecule has 1 atom stereocenters. The van der Waals surface area contributed by atoms with Crippen LogP contribution in [-0.4, -0.2) is 16.5 Å². The van der Waals surface area contributed by atoms with Crippen LogP contribution in [-0.2, 0) is 4.79 Å². The van der Waals surface area contributed by atoms with Crippen molar-refractivity contribution in [1.29, 1.82) is 0 Å². The summed E-state index contributed by atoms with van der Waals surface area (Å²) in [7, 11) is 0. The van der Waals surface area contributed by atoms with E-state index >= 15 is 0 Å². The maximum Gasteiger partial charge on any atom is 0.195 e. The Morgan fingerprint density at radius 1 is 1.35 bits per heavy atom. The Morgan fingerprint density at radius 3 is 2.47 bits per heavy atom. The van der Waals surface area contributed by atoms with Crippen LogP contribution in [0.5, 0.6) is 0 Å². The topological polar surface area (TPSA) is 37.3 Å². The standard InChI is InChI=1S/C15H16O2/c1-8-7-11-12(9(8)2)10(3)15(5-6-15)14(4,17)13(11)16/h7,17H,1-2,5-6H2,3-4H3/t14-/m0/s1. The molecule has 0 aromatic heterocycles. The lowest BCUT2D eigenvalue weighted by atomic mass is 9.67. The minimum Gasteiger partial charge on any atom is -0.381 e. The quantitative estimate of drug-likeness (QED) is 0.691. The first-order valence-electron chi connectivity index (χ1n) is 5.92. The Labute approximate surface area is 101 Å². The second kappa shape index (κ2) is 2.70. The molecular formula is C15H16O2. The fraction of sp³-hybridized carbons (Fsp3) is 0.400. The molecule has 0 amide bonds. The molecule has 0 unspecified atom stereocenters. The Balaban J connectivity index is 2.33. The lowest BCUT2D eigenvalue weighted by Gasteiger charge is -2.38. The van der Waals surface area contributed by atoms with Crippen LogP contribution in [0.1, 0.15) is 26.7 Å². The second-order valence-corrected chi connectivity index (χ2v) is 5.55. The van der Waals surface area contributed by atoms with Crippen molar-refractivity contribution in [3.05, 3.63) is 47.1 Å². The fourth-order valence-electron chi connectivity index (χ4n) is 3.33. The molecule has 3 rings (SSSR count). The van der Waals surface area contributed by atoms with E-state index in [1.54, 1.807) is 13.0 Å². The molecule has 1 N–H and O–H groups in total. The van der Waals surface area contributed by atoms with Crippen LogP contribution < -0.4 is 0 Å². The minimum atomic E-state index is -1.27. The van der Waals surface area contributed by atoms with Gasteiger partial charge in [-0.25, -0.2) is 0 Å². The van der Waals surface area contributed by atoms with Crippen molar-refractivity contribution < 1.29 is 9.90 Å². The summed E-state index contributed by atoms with van der Waals surface area (Å²) in [6, 6.07) is 0. The van der Waals surface area contributed by atoms with Gasteiger partial charge in [0.2, 0.25) is 0 Å². The van der Waals surface area contributed by atoms with Gasteiger partial charge < -0.3 is 5.11 Å². The predicted molar refractivity (Wildman–Crippen MR) is 66.4 cm³/mol. The highest BCUT2D eigenvalue weighted by Gasteiger charge is 2.65. The zero-order valence-electron chi connectivity index (χ0n) is 10.3. The zero-order chi connectivity index (χ0) is 12.6. The molecule has 0 aromatic rings. The molecule has 0 bridgehead atoms. The lowest BCUT2D eigenvalue weighted by molar-refractivity contribution is -0.137. The van der Waals surface area contributed by atoms with Gasteiger partial charge in [0.25, 0.3) is 0 Å². The van der Waals surface area contributed by atoms with E-state index in [0.29, 0.717) is 5.57 Å². The maximum atomic E-state index is 12.4. The molecule has 0 heterocycles. The third kappa shape index (κ3) is 0.980. The van der Waals surface area contributed by atoms with Crippen LogP contribution in [0.15, 0.2) is 47.1 Å². The van der Waals surface area contributed by atoms with Crippen LogP contribution >= 0.6 is 0 Å². The number of Topliss-reactive ketones (excluding diaryl/α,β-unsaturated/α-hetero) is 1. The summed E-state index contributed by atoms with van der Waals surface area (Å²) in [6.45, 7) is 11.6. The molecule has 0 saturated heterocycles. The number of allylic oxidation sites excluding steroid dienone is 4. The molecule has 1 spiro atoms. The smallest absolute Gasteiger partial charge is 0.195 e. The summed E-state index contributed by atoms with van der Waals surface area (Å²) in [6.07, 6.45) is 3.52. The molecule has 1 fully saturated rings. The Morgan fingerprint density at radius 2 is 1.94 bits per heavy atom. The number of ketones is 1. The first-order chi connectivity index (χ1) is 7.83. The molecule has 88 valence electrons. The van der Waals surface area contributed by atoms with Crippen LogP contribution in [0.2, 0.25) is 0 Å². The van der Waals surface area contributed by atoms with Gasteiger partial charge in [0.1, 0.15) is 5.60 Å². The Kier molecular flexibility index (Phi) is 1.70. The number of rotatable bonds is 0. The summed E-state index contributed by atoms with van der Waals surface area (Å²) in [5.74, 6) is -0.171. The number of carbonyl (C=O) groups is 1. The highest BCUT2D eigenvalue weighted by atomic mass is 16.3. The van der Waals surface area contributed by atoms with Gasteiger partial charge in [-0.2, -0.15) is 0 Å². The van der Waals surface area contributed by atoms with Gasteiger partial charge in [-0.3, -0.25) is 4.79 Å². The van der Waals surface area contributed by atoms with Crippen molar-refractivity contribution in [1.82, 2.24) is 0 Å². The lowest BCUT2D eigenvalue weighted by Crippen LogP contribution is -2.49. The molecule has 2 nitrogen and oxygen atoms in total. The van der Waals surface area contributed by atoms with E-state index in [4.69, 9.17) is 0 Å². The third-order valence-corrected chi connectivity index (χ3v) is 4.74. The molecule has 0 aromatic carbocycles. The van der Waals surface area contributed by atoms with Crippen molar-refractivity contribution in [2.24, 2.45) is 5.41 Å². The first-order valence-corrected chi connectivity index (χ1v) is 5.92. The molecule has 1 saturated carbocycles. The third-order valence-electron chi connectivity index (χ3n) is 4.74. The maximum absolute atomic E-state index is 12.4. The van der Waals surface area contributed by atoms with E-state index in [-0.39, 0.29) is 11.2 Å². The highest BCUT2D eigenvalue weighted by Crippen LogP contribution is 2.65. The molecular weight excluding hydrogens is 212 g/mol. The summed E-state index contributed by atoms with van der Waals surface area (Å²) in [5, 5.41) is 10.5. The van der Waals surface area contributed by atoms with Crippen LogP contribution in [0, 0.1) is 5.41 Å². The second-order valence-electron chi connectivity index (χ2n) is 5.55. The largest absolute Gasteiger partial charge is 0.381 e. The van der Waals surface area contributed by atoms with Gasteiger partial charge in [-0.1, -0.05) is 18.7 Å². The summed E-state index contributed by atoms with van der Waals surface area (Å²) >= 11 is 0. The summed E-state index contributed by atoms with van der Waals surface area (Å²) in [4.78, 5) is 12.4. The molecule has 0 radical (unpaired) electrons. The SMILES string of the molecule is C=C1C=C2C(=O)[C@](C)(O)C3(CC3)C(C)=C2C1=C. The Hall–Kier alpha value is -1.41. The number of hydrogen-bond acceptors (Lipinski definition) is 2. The van der Waals surface area contributed by atoms with Gasteiger partial charge >= 0.3 is 0 Å². The molecule has 3 aliphatic rings. The number of fused-ring (bicyclic) bond motifs is 1. The zero-order valence-corrected chi connectivity index (χ0v) is 10.3. The van der Waals surface area contributed by atoms with E-state index in [9.17, 15) is 9.90 Å². The van der Waals surface area contributed by atoms with Crippen molar-refractivity contribution in [2.75, 3.05) is 0 Å². The van der Waals surface area contributed by atoms with Crippen molar-refractivity contribution >= 4 is 5.78 Å². The average molecular weight is 228 g/mol. The normalized spacial score (nSPS) is 34.3. The van der Waals surface area contributed by atoms with Crippen LogP contribution in [0.25, 0.3) is 0 Å². The monoisotopic (exact) mass is 228 g/mol. The summed E-state index contributed by atoms with van der Waals surface area (Å²) in [5.41, 5.74) is 2.66. The predicted octanol–water partition coefficient (Wildman–Crippen LogP) is 2.47. The van der Waals surface area contributed by atoms with Gasteiger partial charge in [0.15, 0.2) is 5.78 Å². The molecule has 0 aliphatic heterocycles. The minimum absolute atomic E-state index is 0.171. The van der Waals surface area contributed by atoms with Crippen molar-refractivity contribution in [3.63, 3.8) is 0 Å². The number of carbonyl (C=O) groups excluding carboxylic acids is 1.